The average Bonchev–Trinajstić information content (AvgIpc) is 2.32. The molecule has 0 spiro atoms. The van der Waals surface area contributed by atoms with Crippen molar-refractivity contribution in [2.24, 2.45) is 5.73 Å². The summed E-state index contributed by atoms with van der Waals surface area (Å²) in [6.45, 7) is 2.72. The van der Waals surface area contributed by atoms with Crippen molar-refractivity contribution in [2.45, 2.75) is 25.4 Å². The van der Waals surface area contributed by atoms with Crippen LogP contribution in [0, 0.1) is 10.1 Å². The highest BCUT2D eigenvalue weighted by Crippen LogP contribution is 2.17. The molecule has 2 rings (SSSR count). The maximum absolute atomic E-state index is 10.7. The number of nitrogens with two attached hydrogens (primary N) is 1. The van der Waals surface area contributed by atoms with Gasteiger partial charge in [-0.05, 0) is 31.5 Å². The van der Waals surface area contributed by atoms with E-state index in [1.165, 1.54) is 6.07 Å². The maximum Gasteiger partial charge on any atom is 0.269 e. The van der Waals surface area contributed by atoms with Gasteiger partial charge in [-0.1, -0.05) is 12.1 Å². The summed E-state index contributed by atoms with van der Waals surface area (Å²) in [5.74, 6) is 0. The molecule has 0 unspecified atom stereocenters. The number of piperidine rings is 1. The molecule has 100 valence electrons. The van der Waals surface area contributed by atoms with Crippen molar-refractivity contribution in [3.05, 3.63) is 39.9 Å². The lowest BCUT2D eigenvalue weighted by Gasteiger charge is -2.29. The van der Waals surface area contributed by atoms with Crippen LogP contribution < -0.4 is 5.73 Å². The highest BCUT2D eigenvalue weighted by atomic mass is 35.5. The zero-order valence-electron chi connectivity index (χ0n) is 10.1. The summed E-state index contributed by atoms with van der Waals surface area (Å²) in [5, 5.41) is 10.7. The average molecular weight is 272 g/mol. The Morgan fingerprint density at radius 3 is 2.67 bits per heavy atom. The van der Waals surface area contributed by atoms with Crippen LogP contribution in [-0.4, -0.2) is 29.0 Å². The Morgan fingerprint density at radius 1 is 1.39 bits per heavy atom. The van der Waals surface area contributed by atoms with Crippen LogP contribution in [0.5, 0.6) is 0 Å². The lowest BCUT2D eigenvalue weighted by molar-refractivity contribution is -0.384. The summed E-state index contributed by atoms with van der Waals surface area (Å²) in [6.07, 6.45) is 2.02. The van der Waals surface area contributed by atoms with Crippen molar-refractivity contribution >= 4 is 18.1 Å². The fourth-order valence-electron chi connectivity index (χ4n) is 2.14. The van der Waals surface area contributed by atoms with Crippen LogP contribution in [0.15, 0.2) is 24.3 Å². The van der Waals surface area contributed by atoms with Gasteiger partial charge in [-0.25, -0.2) is 0 Å². The SMILES string of the molecule is Cl.NC1CCN(Cc2cccc([N+](=O)[O-])c2)CC1. The highest BCUT2D eigenvalue weighted by molar-refractivity contribution is 5.85. The zero-order chi connectivity index (χ0) is 12.3. The second kappa shape index (κ2) is 6.68. The van der Waals surface area contributed by atoms with Gasteiger partial charge in [-0.15, -0.1) is 12.4 Å². The van der Waals surface area contributed by atoms with E-state index in [-0.39, 0.29) is 23.0 Å². The summed E-state index contributed by atoms with van der Waals surface area (Å²) in [6, 6.07) is 7.16. The molecule has 0 atom stereocenters. The molecule has 1 saturated heterocycles. The second-order valence-corrected chi connectivity index (χ2v) is 4.54. The van der Waals surface area contributed by atoms with E-state index < -0.39 is 0 Å². The molecule has 1 aliphatic heterocycles. The lowest BCUT2D eigenvalue weighted by atomic mass is 10.1. The van der Waals surface area contributed by atoms with E-state index in [9.17, 15) is 10.1 Å². The Kier molecular flexibility index (Phi) is 5.53. The Bertz CT molecular complexity index is 406. The Hall–Kier alpha value is -1.17. The predicted molar refractivity (Wildman–Crippen MR) is 72.8 cm³/mol. The molecule has 5 nitrogen and oxygen atoms in total. The summed E-state index contributed by atoms with van der Waals surface area (Å²) in [7, 11) is 0. The first kappa shape index (κ1) is 14.9. The summed E-state index contributed by atoms with van der Waals surface area (Å²) < 4.78 is 0. The Labute approximate surface area is 113 Å². The van der Waals surface area contributed by atoms with Gasteiger partial charge in [0.2, 0.25) is 0 Å². The Morgan fingerprint density at radius 2 is 2.06 bits per heavy atom. The van der Waals surface area contributed by atoms with E-state index in [0.717, 1.165) is 38.0 Å². The van der Waals surface area contributed by atoms with Crippen molar-refractivity contribution in [1.82, 2.24) is 4.90 Å². The van der Waals surface area contributed by atoms with Gasteiger partial charge in [0, 0.05) is 24.7 Å². The first-order valence-electron chi connectivity index (χ1n) is 5.86. The van der Waals surface area contributed by atoms with E-state index >= 15 is 0 Å². The third kappa shape index (κ3) is 3.94. The fourth-order valence-corrected chi connectivity index (χ4v) is 2.14. The summed E-state index contributed by atoms with van der Waals surface area (Å²) >= 11 is 0. The van der Waals surface area contributed by atoms with Crippen molar-refractivity contribution in [3.8, 4) is 0 Å². The van der Waals surface area contributed by atoms with Gasteiger partial charge in [0.1, 0.15) is 0 Å². The third-order valence-corrected chi connectivity index (χ3v) is 3.16. The minimum Gasteiger partial charge on any atom is -0.328 e. The maximum atomic E-state index is 10.7. The zero-order valence-corrected chi connectivity index (χ0v) is 10.9. The van der Waals surface area contributed by atoms with E-state index in [2.05, 4.69) is 4.90 Å². The number of non-ortho nitro benzene ring substituents is 1. The minimum atomic E-state index is -0.352. The van der Waals surface area contributed by atoms with E-state index in [1.807, 2.05) is 6.07 Å². The minimum absolute atomic E-state index is 0. The van der Waals surface area contributed by atoms with Crippen molar-refractivity contribution < 1.29 is 4.92 Å². The number of hydrogen-bond donors (Lipinski definition) is 1. The number of nitrogens with zero attached hydrogens (tertiary/aromatic N) is 2. The van der Waals surface area contributed by atoms with E-state index in [1.54, 1.807) is 12.1 Å². The van der Waals surface area contributed by atoms with E-state index in [0.29, 0.717) is 6.04 Å². The molecule has 18 heavy (non-hydrogen) atoms. The fraction of sp³-hybridized carbons (Fsp3) is 0.500. The van der Waals surface area contributed by atoms with Gasteiger partial charge in [-0.3, -0.25) is 15.0 Å². The monoisotopic (exact) mass is 271 g/mol. The smallest absolute Gasteiger partial charge is 0.269 e. The molecule has 0 aromatic heterocycles. The van der Waals surface area contributed by atoms with Crippen molar-refractivity contribution in [3.63, 3.8) is 0 Å². The third-order valence-electron chi connectivity index (χ3n) is 3.16. The van der Waals surface area contributed by atoms with Crippen LogP contribution >= 0.6 is 12.4 Å². The standard InChI is InChI=1S/C12H17N3O2.ClH/c13-11-4-6-14(7-5-11)9-10-2-1-3-12(8-10)15(16)17;/h1-3,8,11H,4-7,9,13H2;1H. The number of benzene rings is 1. The number of hydrogen-bond acceptors (Lipinski definition) is 4. The largest absolute Gasteiger partial charge is 0.328 e. The Balaban J connectivity index is 0.00000162. The van der Waals surface area contributed by atoms with Crippen LogP contribution in [0.3, 0.4) is 0 Å². The molecule has 1 fully saturated rings. The molecular formula is C12H18ClN3O2. The first-order chi connectivity index (χ1) is 8.15. The molecule has 0 bridgehead atoms. The number of rotatable bonds is 3. The highest BCUT2D eigenvalue weighted by Gasteiger charge is 2.16. The van der Waals surface area contributed by atoms with Gasteiger partial charge in [-0.2, -0.15) is 0 Å². The molecule has 6 heteroatoms. The molecule has 1 aromatic carbocycles. The molecule has 0 radical (unpaired) electrons. The predicted octanol–water partition coefficient (Wildman–Crippen LogP) is 1.94. The molecule has 0 aliphatic carbocycles. The first-order valence-corrected chi connectivity index (χ1v) is 5.86. The van der Waals surface area contributed by atoms with Gasteiger partial charge in [0.05, 0.1) is 4.92 Å². The molecule has 0 saturated carbocycles. The number of likely N-dealkylation sites (tertiary alicyclic amines) is 1. The van der Waals surface area contributed by atoms with Gasteiger partial charge >= 0.3 is 0 Å². The van der Waals surface area contributed by atoms with Crippen molar-refractivity contribution in [1.29, 1.82) is 0 Å². The van der Waals surface area contributed by atoms with Crippen LogP contribution in [0.2, 0.25) is 0 Å². The second-order valence-electron chi connectivity index (χ2n) is 4.54. The van der Waals surface area contributed by atoms with Gasteiger partial charge in [0.25, 0.3) is 5.69 Å². The van der Waals surface area contributed by atoms with Crippen molar-refractivity contribution in [2.75, 3.05) is 13.1 Å². The molecular weight excluding hydrogens is 254 g/mol. The van der Waals surface area contributed by atoms with Crippen LogP contribution in [0.1, 0.15) is 18.4 Å². The van der Waals surface area contributed by atoms with Gasteiger partial charge < -0.3 is 5.73 Å². The van der Waals surface area contributed by atoms with Gasteiger partial charge in [0.15, 0.2) is 0 Å². The lowest BCUT2D eigenvalue weighted by Crippen LogP contribution is -2.39. The molecule has 2 N–H and O–H groups in total. The molecule has 1 heterocycles. The quantitative estimate of drug-likeness (QED) is 0.674. The van der Waals surface area contributed by atoms with Crippen LogP contribution in [0.4, 0.5) is 5.69 Å². The normalized spacial score (nSPS) is 17.2. The van der Waals surface area contributed by atoms with Crippen LogP contribution in [-0.2, 0) is 6.54 Å². The topological polar surface area (TPSA) is 72.4 Å². The summed E-state index contributed by atoms with van der Waals surface area (Å²) in [5.41, 5.74) is 7.00. The molecule has 1 aromatic rings. The number of halogens is 1. The molecule has 1 aliphatic rings. The number of nitro groups is 1. The van der Waals surface area contributed by atoms with E-state index in [4.69, 9.17) is 5.73 Å². The number of nitro benzene ring substituents is 1. The molecule has 0 amide bonds. The summed E-state index contributed by atoms with van der Waals surface area (Å²) in [4.78, 5) is 12.6. The van der Waals surface area contributed by atoms with Crippen LogP contribution in [0.25, 0.3) is 0 Å².